The third kappa shape index (κ3) is 5.04. The average Bonchev–Trinajstić information content (AvgIpc) is 3.27. The van der Waals surface area contributed by atoms with Gasteiger partial charge in [0.2, 0.25) is 0 Å². The van der Waals surface area contributed by atoms with Crippen molar-refractivity contribution in [2.24, 2.45) is 7.05 Å². The number of para-hydroxylation sites is 2. The number of rotatable bonds is 6. The highest BCUT2D eigenvalue weighted by molar-refractivity contribution is 7.86. The van der Waals surface area contributed by atoms with E-state index in [2.05, 4.69) is 41.2 Å². The topological polar surface area (TPSA) is 93.6 Å². The number of fused-ring (bicyclic) bond motifs is 1. The summed E-state index contributed by atoms with van der Waals surface area (Å²) in [6, 6.07) is 32.5. The first kappa shape index (κ1) is 26.3. The highest BCUT2D eigenvalue weighted by Gasteiger charge is 2.23. The fourth-order valence-electron chi connectivity index (χ4n) is 5.33. The van der Waals surface area contributed by atoms with Crippen LogP contribution in [0.5, 0.6) is 0 Å². The van der Waals surface area contributed by atoms with E-state index in [4.69, 9.17) is 0 Å². The van der Waals surface area contributed by atoms with Crippen molar-refractivity contribution in [3.05, 3.63) is 144 Å². The zero-order valence-corrected chi connectivity index (χ0v) is 23.0. The minimum Gasteiger partial charge on any atom is -0.354 e. The van der Waals surface area contributed by atoms with E-state index in [1.165, 1.54) is 6.07 Å². The van der Waals surface area contributed by atoms with Gasteiger partial charge in [-0.1, -0.05) is 84.9 Å². The molecule has 0 saturated heterocycles. The van der Waals surface area contributed by atoms with Gasteiger partial charge in [-0.15, -0.1) is 0 Å². The van der Waals surface area contributed by atoms with Crippen LogP contribution in [-0.2, 0) is 17.2 Å². The van der Waals surface area contributed by atoms with Gasteiger partial charge in [-0.25, -0.2) is 0 Å². The monoisotopic (exact) mass is 556 g/mol. The van der Waals surface area contributed by atoms with Crippen LogP contribution < -0.4 is 10.7 Å². The fraction of sp³-hybridized carbons (Fsp3) is 0.0294. The minimum absolute atomic E-state index is 0.186. The Labute approximate surface area is 238 Å². The van der Waals surface area contributed by atoms with E-state index in [1.807, 2.05) is 66.7 Å². The van der Waals surface area contributed by atoms with Gasteiger partial charge in [0.25, 0.3) is 10.1 Å². The summed E-state index contributed by atoms with van der Waals surface area (Å²) < 4.78 is 35.6. The van der Waals surface area contributed by atoms with Gasteiger partial charge in [0.1, 0.15) is 4.90 Å². The first-order valence-corrected chi connectivity index (χ1v) is 14.5. The molecule has 2 N–H and O–H groups in total. The normalized spacial score (nSPS) is 13.1. The van der Waals surface area contributed by atoms with Crippen LogP contribution in [0, 0.1) is 0 Å². The summed E-state index contributed by atoms with van der Waals surface area (Å²) in [5.74, 6) is 0. The maximum Gasteiger partial charge on any atom is 0.296 e. The molecule has 7 heteroatoms. The first-order valence-electron chi connectivity index (χ1n) is 13.0. The molecule has 0 spiro atoms. The summed E-state index contributed by atoms with van der Waals surface area (Å²) in [4.78, 5) is -0.191. The smallest absolute Gasteiger partial charge is 0.296 e. The molecule has 1 radical (unpaired) electrons. The Kier molecular flexibility index (Phi) is 6.75. The van der Waals surface area contributed by atoms with Gasteiger partial charge < -0.3 is 9.88 Å². The molecule has 0 unspecified atom stereocenters. The van der Waals surface area contributed by atoms with Crippen LogP contribution in [0.25, 0.3) is 27.7 Å². The van der Waals surface area contributed by atoms with E-state index >= 15 is 0 Å². The zero-order chi connectivity index (χ0) is 28.6. The van der Waals surface area contributed by atoms with Crippen LogP contribution in [0.1, 0.15) is 11.1 Å². The third-order valence-electron chi connectivity index (χ3n) is 7.18. The van der Waals surface area contributed by atoms with E-state index in [1.54, 1.807) is 30.4 Å². The number of aryl methyl sites for hydroxylation is 1. The van der Waals surface area contributed by atoms with Crippen molar-refractivity contribution in [3.8, 4) is 11.3 Å². The Hall–Kier alpha value is -4.98. The molecule has 41 heavy (non-hydrogen) atoms. The highest BCUT2D eigenvalue weighted by atomic mass is 32.2. The van der Waals surface area contributed by atoms with Gasteiger partial charge in [-0.2, -0.15) is 13.8 Å². The molecule has 0 bridgehead atoms. The number of aromatic nitrogens is 1. The van der Waals surface area contributed by atoms with Crippen LogP contribution in [0.3, 0.4) is 0 Å². The van der Waals surface area contributed by atoms with Crippen molar-refractivity contribution in [1.82, 2.24) is 9.98 Å². The van der Waals surface area contributed by atoms with Gasteiger partial charge in [0, 0.05) is 29.2 Å². The van der Waals surface area contributed by atoms with Crippen molar-refractivity contribution in [3.63, 3.8) is 0 Å². The lowest BCUT2D eigenvalue weighted by molar-refractivity contribution is 0.483. The van der Waals surface area contributed by atoms with Crippen LogP contribution in [0.4, 0.5) is 11.4 Å². The minimum atomic E-state index is -4.39. The number of nitrogens with zero attached hydrogens (tertiary/aromatic N) is 2. The van der Waals surface area contributed by atoms with Crippen LogP contribution >= 0.6 is 0 Å². The second-order valence-corrected chi connectivity index (χ2v) is 11.2. The second kappa shape index (κ2) is 10.5. The zero-order valence-electron chi connectivity index (χ0n) is 22.2. The lowest BCUT2D eigenvalue weighted by atomic mass is 9.87. The molecule has 201 valence electrons. The number of benzene rings is 4. The molecule has 0 saturated carbocycles. The Morgan fingerprint density at radius 2 is 1.41 bits per heavy atom. The Bertz CT molecular complexity index is 1980. The first-order chi connectivity index (χ1) is 19.8. The molecule has 6 nitrogen and oxygen atoms in total. The van der Waals surface area contributed by atoms with Crippen molar-refractivity contribution < 1.29 is 13.0 Å². The van der Waals surface area contributed by atoms with E-state index in [-0.39, 0.29) is 16.3 Å². The second-order valence-electron chi connectivity index (χ2n) is 9.76. The average molecular weight is 557 g/mol. The molecule has 4 aromatic carbocycles. The predicted octanol–water partition coefficient (Wildman–Crippen LogP) is 7.00. The van der Waals surface area contributed by atoms with Gasteiger partial charge in [-0.05, 0) is 64.8 Å². The van der Waals surface area contributed by atoms with E-state index in [9.17, 15) is 18.4 Å². The predicted molar refractivity (Wildman–Crippen MR) is 166 cm³/mol. The van der Waals surface area contributed by atoms with E-state index in [0.717, 1.165) is 44.4 Å². The number of anilines is 2. The molecular weight excluding hydrogens is 530 g/mol. The van der Waals surface area contributed by atoms with E-state index < -0.39 is 10.1 Å². The molecule has 0 atom stereocenters. The summed E-state index contributed by atoms with van der Waals surface area (Å²) in [6.07, 6.45) is 7.20. The lowest BCUT2D eigenvalue weighted by Crippen LogP contribution is -2.03. The van der Waals surface area contributed by atoms with E-state index in [0.29, 0.717) is 5.69 Å². The van der Waals surface area contributed by atoms with Gasteiger partial charge in [0.05, 0.1) is 17.1 Å². The van der Waals surface area contributed by atoms with Crippen molar-refractivity contribution in [1.29, 1.82) is 0 Å². The molecule has 1 heterocycles. The van der Waals surface area contributed by atoms with Gasteiger partial charge in [0.15, 0.2) is 0 Å². The molecule has 6 rings (SSSR count). The fourth-order valence-corrected chi connectivity index (χ4v) is 5.98. The Balaban J connectivity index is 1.54. The number of nitrogens with one attached hydrogen (secondary N) is 1. The van der Waals surface area contributed by atoms with Gasteiger partial charge in [-0.3, -0.25) is 4.55 Å². The van der Waals surface area contributed by atoms with Crippen molar-refractivity contribution >= 4 is 43.7 Å². The molecule has 0 amide bonds. The standard InChI is InChI=1S/C34H26N3O3S/c1-37-30-13-7-5-11-28(30)33(34(37)25-9-3-2-4-10-25)32(23-15-19-26(35)20-16-23)24-17-21-27(22-18-24)36-29-12-6-8-14-31(29)41(38,39)40/h2-22,36H,1H3,(H,38,39,40). The number of allylic oxidation sites excluding steroid dienone is 5. The molecule has 1 aliphatic rings. The molecular formula is C34H26N3O3S. The third-order valence-corrected chi connectivity index (χ3v) is 8.09. The summed E-state index contributed by atoms with van der Waals surface area (Å²) in [7, 11) is -2.32. The number of hydrogen-bond acceptors (Lipinski definition) is 3. The molecule has 0 fully saturated rings. The molecule has 1 aromatic heterocycles. The maximum atomic E-state index is 11.9. The largest absolute Gasteiger partial charge is 0.354 e. The van der Waals surface area contributed by atoms with Crippen LogP contribution in [-0.4, -0.2) is 23.2 Å². The summed E-state index contributed by atoms with van der Waals surface area (Å²) in [6.45, 7) is 0. The SMILES string of the molecule is Cn1c(-c2ccccc2)c(C(=C2C=CC(=[N])C=C2)c2ccc(Nc3ccccc3S(=O)(=O)O)cc2)c2ccccc21. The Morgan fingerprint density at radius 3 is 2.12 bits per heavy atom. The van der Waals surface area contributed by atoms with Crippen molar-refractivity contribution in [2.45, 2.75) is 4.90 Å². The molecule has 5 aromatic rings. The summed E-state index contributed by atoms with van der Waals surface area (Å²) in [5.41, 5.74) is 8.32. The maximum absolute atomic E-state index is 11.9. The van der Waals surface area contributed by atoms with Gasteiger partial charge >= 0.3 is 0 Å². The van der Waals surface area contributed by atoms with Crippen LogP contribution in [0.2, 0.25) is 0 Å². The quantitative estimate of drug-likeness (QED) is 0.220. The Morgan fingerprint density at radius 1 is 0.780 bits per heavy atom. The van der Waals surface area contributed by atoms with Crippen LogP contribution in [0.15, 0.2) is 138 Å². The summed E-state index contributed by atoms with van der Waals surface area (Å²) in [5, 5.41) is 14.3. The molecule has 0 aliphatic heterocycles. The lowest BCUT2D eigenvalue weighted by Gasteiger charge is -2.17. The highest BCUT2D eigenvalue weighted by Crippen LogP contribution is 2.42. The number of hydrogen-bond donors (Lipinski definition) is 2. The summed E-state index contributed by atoms with van der Waals surface area (Å²) >= 11 is 0. The van der Waals surface area contributed by atoms with Crippen molar-refractivity contribution in [2.75, 3.05) is 5.32 Å². The molecule has 1 aliphatic carbocycles.